The Balaban J connectivity index is 1.58. The summed E-state index contributed by atoms with van der Waals surface area (Å²) in [4.78, 5) is 15.5. The monoisotopic (exact) mass is 365 g/mol. The first-order chi connectivity index (χ1) is 12.8. The van der Waals surface area contributed by atoms with Gasteiger partial charge in [-0.1, -0.05) is 32.9 Å². The molecule has 1 fully saturated rings. The summed E-state index contributed by atoms with van der Waals surface area (Å²) in [5.74, 6) is 0.405. The number of aromatic nitrogens is 2. The van der Waals surface area contributed by atoms with Crippen LogP contribution >= 0.6 is 0 Å². The molecule has 1 aromatic carbocycles. The molecule has 0 spiro atoms. The number of aryl methyl sites for hydroxylation is 1. The van der Waals surface area contributed by atoms with Gasteiger partial charge in [0.05, 0.1) is 0 Å². The highest BCUT2D eigenvalue weighted by atomic mass is 16.3. The summed E-state index contributed by atoms with van der Waals surface area (Å²) in [6, 6.07) is 5.92. The maximum atomic E-state index is 13.5. The van der Waals surface area contributed by atoms with Crippen molar-refractivity contribution >= 4 is 5.91 Å². The van der Waals surface area contributed by atoms with Crippen LogP contribution in [0.15, 0.2) is 18.2 Å². The highest BCUT2D eigenvalue weighted by molar-refractivity contribution is 5.94. The molecule has 5 heteroatoms. The predicted octanol–water partition coefficient (Wildman–Crippen LogP) is 3.36. The lowest BCUT2D eigenvalue weighted by Gasteiger charge is -2.60. The molecule has 2 atom stereocenters. The van der Waals surface area contributed by atoms with Crippen molar-refractivity contribution in [2.45, 2.75) is 64.3 Å². The molecular weight excluding hydrogens is 338 g/mol. The number of hydrogen-bond acceptors (Lipinski definition) is 3. The number of amides is 1. The molecule has 5 nitrogen and oxygen atoms in total. The zero-order valence-corrected chi connectivity index (χ0v) is 16.3. The number of rotatable bonds is 1. The van der Waals surface area contributed by atoms with Gasteiger partial charge >= 0.3 is 0 Å². The van der Waals surface area contributed by atoms with E-state index in [0.29, 0.717) is 17.9 Å². The smallest absolute Gasteiger partial charge is 0.274 e. The Morgan fingerprint density at radius 3 is 2.89 bits per heavy atom. The van der Waals surface area contributed by atoms with Crippen LogP contribution in [0.3, 0.4) is 0 Å². The summed E-state index contributed by atoms with van der Waals surface area (Å²) >= 11 is 0. The first-order valence-corrected chi connectivity index (χ1v) is 10.0. The van der Waals surface area contributed by atoms with E-state index in [9.17, 15) is 9.90 Å². The van der Waals surface area contributed by atoms with Gasteiger partial charge in [-0.2, -0.15) is 5.10 Å². The molecular formula is C22H27N3O2. The molecule has 2 aliphatic carbocycles. The highest BCUT2D eigenvalue weighted by Crippen LogP contribution is 2.57. The minimum Gasteiger partial charge on any atom is -0.508 e. The standard InChI is InChI=1S/C22H27N3O2/c1-21(2)18-12-14-15(7-5-9-17(14)26)22(21,3)10-11-25(18)20(27)19-13-6-4-8-16(13)23-24-19/h5,7,9,18,26H,4,6,8,10-12H2,1-3H3,(H,23,24)/t18-,22+/m1/s1. The van der Waals surface area contributed by atoms with Gasteiger partial charge in [0.2, 0.25) is 0 Å². The summed E-state index contributed by atoms with van der Waals surface area (Å²) < 4.78 is 0. The third kappa shape index (κ3) is 2.05. The van der Waals surface area contributed by atoms with Gasteiger partial charge in [-0.05, 0) is 54.7 Å². The number of fused-ring (bicyclic) bond motifs is 5. The molecule has 1 saturated heterocycles. The van der Waals surface area contributed by atoms with E-state index in [0.717, 1.165) is 49.0 Å². The van der Waals surface area contributed by atoms with Gasteiger partial charge in [-0.15, -0.1) is 0 Å². The maximum Gasteiger partial charge on any atom is 0.274 e. The normalized spacial score (nSPS) is 28.0. The Labute approximate surface area is 159 Å². The predicted molar refractivity (Wildman–Crippen MR) is 103 cm³/mol. The number of likely N-dealkylation sites (tertiary alicyclic amines) is 1. The third-order valence-electron chi connectivity index (χ3n) is 7.90. The summed E-state index contributed by atoms with van der Waals surface area (Å²) in [7, 11) is 0. The van der Waals surface area contributed by atoms with Crippen LogP contribution in [0.4, 0.5) is 0 Å². The number of nitrogens with zero attached hydrogens (tertiary/aromatic N) is 2. The number of benzene rings is 1. The first-order valence-electron chi connectivity index (χ1n) is 10.0. The van der Waals surface area contributed by atoms with Crippen LogP contribution < -0.4 is 0 Å². The number of piperidine rings is 1. The van der Waals surface area contributed by atoms with Gasteiger partial charge in [0.1, 0.15) is 5.75 Å². The van der Waals surface area contributed by atoms with Crippen molar-refractivity contribution in [1.82, 2.24) is 15.1 Å². The van der Waals surface area contributed by atoms with E-state index in [2.05, 4.69) is 37.0 Å². The lowest BCUT2D eigenvalue weighted by Crippen LogP contribution is -2.65. The number of carbonyl (C=O) groups excluding carboxylic acids is 1. The van der Waals surface area contributed by atoms with E-state index in [4.69, 9.17) is 0 Å². The van der Waals surface area contributed by atoms with Crippen molar-refractivity contribution in [1.29, 1.82) is 0 Å². The minimum atomic E-state index is -0.0822. The van der Waals surface area contributed by atoms with Crippen LogP contribution in [0.2, 0.25) is 0 Å². The summed E-state index contributed by atoms with van der Waals surface area (Å²) in [6.45, 7) is 7.59. The first kappa shape index (κ1) is 16.8. The van der Waals surface area contributed by atoms with E-state index in [1.807, 2.05) is 11.0 Å². The van der Waals surface area contributed by atoms with Gasteiger partial charge in [0.25, 0.3) is 5.91 Å². The van der Waals surface area contributed by atoms with Crippen LogP contribution in [0.5, 0.6) is 5.75 Å². The molecule has 2 heterocycles. The number of phenolic OH excluding ortho intramolecular Hbond substituents is 1. The molecule has 1 aliphatic heterocycles. The number of nitrogens with one attached hydrogen (secondary N) is 1. The molecule has 2 aromatic rings. The summed E-state index contributed by atoms with van der Waals surface area (Å²) in [6.07, 6.45) is 4.62. The molecule has 2 N–H and O–H groups in total. The number of H-pyrrole nitrogens is 1. The van der Waals surface area contributed by atoms with E-state index >= 15 is 0 Å². The van der Waals surface area contributed by atoms with Crippen LogP contribution in [-0.2, 0) is 24.7 Å². The van der Waals surface area contributed by atoms with Crippen LogP contribution in [0.25, 0.3) is 0 Å². The molecule has 27 heavy (non-hydrogen) atoms. The fourth-order valence-corrected chi connectivity index (χ4v) is 5.80. The summed E-state index contributed by atoms with van der Waals surface area (Å²) in [5, 5.41) is 18.0. The van der Waals surface area contributed by atoms with Crippen molar-refractivity contribution in [2.75, 3.05) is 6.54 Å². The SMILES string of the molecule is CC1(C)[C@H]2Cc3c(O)cccc3[C@]1(C)CCN2C(=O)c1n[nH]c2c1CCC2. The van der Waals surface area contributed by atoms with Crippen molar-refractivity contribution in [3.63, 3.8) is 0 Å². The fraction of sp³-hybridized carbons (Fsp3) is 0.545. The molecule has 1 aromatic heterocycles. The minimum absolute atomic E-state index is 0.0494. The molecule has 1 amide bonds. The number of carbonyl (C=O) groups is 1. The molecule has 142 valence electrons. The van der Waals surface area contributed by atoms with Gasteiger partial charge in [-0.25, -0.2) is 0 Å². The van der Waals surface area contributed by atoms with E-state index in [-0.39, 0.29) is 22.8 Å². The molecule has 0 radical (unpaired) electrons. The van der Waals surface area contributed by atoms with Gasteiger partial charge < -0.3 is 10.0 Å². The van der Waals surface area contributed by atoms with Gasteiger partial charge in [0, 0.05) is 29.3 Å². The Hall–Kier alpha value is -2.30. The van der Waals surface area contributed by atoms with Crippen molar-refractivity contribution in [2.24, 2.45) is 5.41 Å². The molecule has 3 aliphatic rings. The average Bonchev–Trinajstić information content (AvgIpc) is 3.22. The van der Waals surface area contributed by atoms with Crippen molar-refractivity contribution < 1.29 is 9.90 Å². The Bertz CT molecular complexity index is 945. The molecule has 0 unspecified atom stereocenters. The summed E-state index contributed by atoms with van der Waals surface area (Å²) in [5.41, 5.74) is 4.97. The number of aromatic amines is 1. The van der Waals surface area contributed by atoms with E-state index < -0.39 is 0 Å². The van der Waals surface area contributed by atoms with Crippen LogP contribution in [-0.4, -0.2) is 38.7 Å². The quantitative estimate of drug-likeness (QED) is 0.814. The second kappa shape index (κ2) is 5.37. The lowest BCUT2D eigenvalue weighted by atomic mass is 9.51. The maximum absolute atomic E-state index is 13.5. The van der Waals surface area contributed by atoms with Crippen molar-refractivity contribution in [3.8, 4) is 5.75 Å². The van der Waals surface area contributed by atoms with Crippen LogP contribution in [0, 0.1) is 5.41 Å². The zero-order valence-electron chi connectivity index (χ0n) is 16.3. The Kier molecular flexibility index (Phi) is 3.35. The number of aromatic hydroxyl groups is 1. The lowest BCUT2D eigenvalue weighted by molar-refractivity contribution is -0.0269. The zero-order chi connectivity index (χ0) is 19.0. The van der Waals surface area contributed by atoms with E-state index in [1.165, 1.54) is 5.56 Å². The van der Waals surface area contributed by atoms with Gasteiger partial charge in [-0.3, -0.25) is 9.89 Å². The largest absolute Gasteiger partial charge is 0.508 e. The second-order valence-electron chi connectivity index (χ2n) is 9.21. The molecule has 2 bridgehead atoms. The fourth-order valence-electron chi connectivity index (χ4n) is 5.80. The Morgan fingerprint density at radius 2 is 2.07 bits per heavy atom. The van der Waals surface area contributed by atoms with Crippen molar-refractivity contribution in [3.05, 3.63) is 46.3 Å². The van der Waals surface area contributed by atoms with Crippen LogP contribution in [0.1, 0.15) is 66.5 Å². The molecule has 5 rings (SSSR count). The highest BCUT2D eigenvalue weighted by Gasteiger charge is 2.57. The number of hydrogen-bond donors (Lipinski definition) is 2. The second-order valence-corrected chi connectivity index (χ2v) is 9.21. The molecule has 0 saturated carbocycles. The average molecular weight is 365 g/mol. The Morgan fingerprint density at radius 1 is 1.26 bits per heavy atom. The topological polar surface area (TPSA) is 69.2 Å². The number of phenols is 1. The van der Waals surface area contributed by atoms with E-state index in [1.54, 1.807) is 6.07 Å². The van der Waals surface area contributed by atoms with Gasteiger partial charge in [0.15, 0.2) is 5.69 Å². The third-order valence-corrected chi connectivity index (χ3v) is 7.90.